The molecule has 0 radical (unpaired) electrons. The van der Waals surface area contributed by atoms with E-state index in [1.807, 2.05) is 0 Å². The Hall–Kier alpha value is -11.0. The van der Waals surface area contributed by atoms with E-state index >= 15 is 0 Å². The second-order valence-electron chi connectivity index (χ2n) is 21.9. The molecular formula is C79H52N4. The minimum absolute atomic E-state index is 0.417. The second-order valence-corrected chi connectivity index (χ2v) is 21.9. The first-order chi connectivity index (χ1) is 41.1. The van der Waals surface area contributed by atoms with Crippen molar-refractivity contribution in [3.05, 3.63) is 309 Å². The fourth-order valence-corrected chi connectivity index (χ4v) is 13.4. The Bertz CT molecular complexity index is 4830. The largest absolute Gasteiger partial charge is 0.331 e. The van der Waals surface area contributed by atoms with Gasteiger partial charge in [-0.2, -0.15) is 5.26 Å². The fourth-order valence-electron chi connectivity index (χ4n) is 13.4. The third-order valence-electron chi connectivity index (χ3n) is 17.3. The van der Waals surface area contributed by atoms with E-state index in [1.165, 1.54) is 0 Å². The smallest absolute Gasteiger partial charge is 0.0990 e. The first-order valence-electron chi connectivity index (χ1n) is 28.5. The van der Waals surface area contributed by atoms with E-state index < -0.39 is 12.1 Å². The number of hydrogen-bond donors (Lipinski definition) is 0. The number of benzene rings is 12. The standard InChI is InChI=1S/C79H52N4/c80-51-52-43-77(81-71-37-31-59(53-19-7-1-8-20-53)45-65(71)66-46-60(32-38-72(66)81)54-21-9-2-10-22-54)79(83-75-41-35-63(57-27-15-5-16-28-57)49-69(75)70-50-64(36-42-76(70)83)58-29-17-6-18-30-58)78(44-52)82-73-39-33-61(55-23-11-3-12-24-55)47-67(73)68-48-62(34-40-74(68)82)56-25-13-4-14-26-56/h1-50,77,79H. The van der Waals surface area contributed by atoms with Gasteiger partial charge in [0.05, 0.1) is 34.8 Å². The number of nitrogens with zero attached hydrogens (tertiary/aromatic N) is 4. The summed E-state index contributed by atoms with van der Waals surface area (Å²) in [5.74, 6) is 0. The van der Waals surface area contributed by atoms with Gasteiger partial charge in [0.25, 0.3) is 0 Å². The highest BCUT2D eigenvalue weighted by Gasteiger charge is 2.37. The van der Waals surface area contributed by atoms with E-state index in [9.17, 15) is 5.26 Å². The van der Waals surface area contributed by atoms with Crippen molar-refractivity contribution in [3.8, 4) is 72.8 Å². The molecule has 388 valence electrons. The van der Waals surface area contributed by atoms with Crippen molar-refractivity contribution in [2.75, 3.05) is 0 Å². The summed E-state index contributed by atoms with van der Waals surface area (Å²) < 4.78 is 7.64. The zero-order chi connectivity index (χ0) is 55.0. The van der Waals surface area contributed by atoms with Gasteiger partial charge in [-0.05, 0) is 152 Å². The van der Waals surface area contributed by atoms with Crippen LogP contribution in [-0.2, 0) is 0 Å². The highest BCUT2D eigenvalue weighted by atomic mass is 15.2. The molecule has 0 saturated carbocycles. The van der Waals surface area contributed by atoms with Gasteiger partial charge in [0.1, 0.15) is 0 Å². The number of hydrogen-bond acceptors (Lipinski definition) is 1. The molecule has 83 heavy (non-hydrogen) atoms. The van der Waals surface area contributed by atoms with Crippen molar-refractivity contribution in [1.82, 2.24) is 13.7 Å². The molecule has 4 nitrogen and oxygen atoms in total. The van der Waals surface area contributed by atoms with Gasteiger partial charge in [-0.1, -0.05) is 218 Å². The summed E-state index contributed by atoms with van der Waals surface area (Å²) in [6, 6.07) is 108. The van der Waals surface area contributed by atoms with Gasteiger partial charge in [-0.15, -0.1) is 0 Å². The first kappa shape index (κ1) is 48.0. The van der Waals surface area contributed by atoms with Crippen LogP contribution in [0.2, 0.25) is 0 Å². The highest BCUT2D eigenvalue weighted by molar-refractivity contribution is 6.15. The predicted molar refractivity (Wildman–Crippen MR) is 347 cm³/mol. The van der Waals surface area contributed by atoms with Crippen LogP contribution < -0.4 is 0 Å². The van der Waals surface area contributed by atoms with Crippen molar-refractivity contribution in [2.45, 2.75) is 12.1 Å². The van der Waals surface area contributed by atoms with E-state index in [2.05, 4.69) is 323 Å². The van der Waals surface area contributed by atoms with Crippen LogP contribution in [0.1, 0.15) is 12.1 Å². The SMILES string of the molecule is N#CC1=CC(n2c3ccc(-c4ccccc4)cc3c3cc(-c4ccccc4)ccc32)C(n2c3ccc(-c4ccccc4)cc3c3cc(-c4ccccc4)ccc32)C(n2c3ccc(-c4ccccc4)cc3c3cc(-c4ccccc4)ccc32)=C1. The Morgan fingerprint density at radius 1 is 0.265 bits per heavy atom. The van der Waals surface area contributed by atoms with Gasteiger partial charge in [0, 0.05) is 60.1 Å². The summed E-state index contributed by atoms with van der Waals surface area (Å²) in [6.45, 7) is 0. The minimum atomic E-state index is -0.420. The molecule has 16 rings (SSSR count). The Labute approximate surface area is 481 Å². The third-order valence-corrected chi connectivity index (χ3v) is 17.3. The maximum atomic E-state index is 11.6. The van der Waals surface area contributed by atoms with Crippen LogP contribution in [-0.4, -0.2) is 13.7 Å². The molecule has 12 aromatic carbocycles. The molecule has 1 aliphatic rings. The van der Waals surface area contributed by atoms with Crippen LogP contribution in [0.3, 0.4) is 0 Å². The maximum absolute atomic E-state index is 11.6. The molecule has 0 fully saturated rings. The summed E-state index contributed by atoms with van der Waals surface area (Å²) in [6.07, 6.45) is 4.42. The van der Waals surface area contributed by atoms with E-state index in [4.69, 9.17) is 0 Å². The molecule has 3 aromatic heterocycles. The van der Waals surface area contributed by atoms with E-state index in [0.717, 1.165) is 138 Å². The van der Waals surface area contributed by atoms with E-state index in [-0.39, 0.29) is 0 Å². The topological polar surface area (TPSA) is 38.6 Å². The molecule has 0 saturated heterocycles. The average molecular weight is 1060 g/mol. The van der Waals surface area contributed by atoms with Crippen LogP contribution in [0, 0.1) is 11.3 Å². The monoisotopic (exact) mass is 1060 g/mol. The Kier molecular flexibility index (Phi) is 11.4. The summed E-state index contributed by atoms with van der Waals surface area (Å²) in [4.78, 5) is 0. The highest BCUT2D eigenvalue weighted by Crippen LogP contribution is 2.51. The molecule has 1 aliphatic carbocycles. The third kappa shape index (κ3) is 8.05. The number of allylic oxidation sites excluding steroid dienone is 4. The second kappa shape index (κ2) is 19.7. The number of aromatic nitrogens is 3. The van der Waals surface area contributed by atoms with Crippen LogP contribution in [0.5, 0.6) is 0 Å². The Morgan fingerprint density at radius 2 is 0.518 bits per heavy atom. The van der Waals surface area contributed by atoms with Crippen LogP contribution >= 0.6 is 0 Å². The summed E-state index contributed by atoms with van der Waals surface area (Å²) in [5, 5.41) is 18.5. The zero-order valence-corrected chi connectivity index (χ0v) is 45.3. The lowest BCUT2D eigenvalue weighted by atomic mass is 9.92. The van der Waals surface area contributed by atoms with Crippen molar-refractivity contribution in [3.63, 3.8) is 0 Å². The lowest BCUT2D eigenvalue weighted by Gasteiger charge is -2.36. The zero-order valence-electron chi connectivity index (χ0n) is 45.3. The Balaban J connectivity index is 1.03. The van der Waals surface area contributed by atoms with Gasteiger partial charge >= 0.3 is 0 Å². The van der Waals surface area contributed by atoms with Crippen LogP contribution in [0.25, 0.3) is 138 Å². The lowest BCUT2D eigenvalue weighted by Crippen LogP contribution is -2.27. The quantitative estimate of drug-likeness (QED) is 0.142. The first-order valence-corrected chi connectivity index (χ1v) is 28.5. The molecule has 0 amide bonds. The van der Waals surface area contributed by atoms with Crippen molar-refractivity contribution >= 4 is 71.1 Å². The summed E-state index contributed by atoms with van der Waals surface area (Å²) >= 11 is 0. The van der Waals surface area contributed by atoms with Gasteiger partial charge in [0.2, 0.25) is 0 Å². The van der Waals surface area contributed by atoms with Crippen molar-refractivity contribution in [1.29, 1.82) is 5.26 Å². The van der Waals surface area contributed by atoms with Crippen molar-refractivity contribution < 1.29 is 0 Å². The molecule has 0 aliphatic heterocycles. The van der Waals surface area contributed by atoms with Crippen molar-refractivity contribution in [2.24, 2.45) is 0 Å². The van der Waals surface area contributed by atoms with Crippen LogP contribution in [0.15, 0.2) is 309 Å². The number of rotatable bonds is 9. The van der Waals surface area contributed by atoms with Gasteiger partial charge < -0.3 is 13.7 Å². The molecule has 0 N–H and O–H groups in total. The number of fused-ring (bicyclic) bond motifs is 9. The lowest BCUT2D eigenvalue weighted by molar-refractivity contribution is 0.478. The molecule has 0 spiro atoms. The van der Waals surface area contributed by atoms with E-state index in [0.29, 0.717) is 5.57 Å². The average Bonchev–Trinajstić information content (AvgIpc) is 2.12. The normalized spacial score (nSPS) is 14.4. The van der Waals surface area contributed by atoms with Crippen LogP contribution in [0.4, 0.5) is 0 Å². The van der Waals surface area contributed by atoms with E-state index in [1.54, 1.807) is 0 Å². The predicted octanol–water partition coefficient (Wildman–Crippen LogP) is 20.8. The Morgan fingerprint density at radius 3 is 0.795 bits per heavy atom. The molecule has 15 aromatic rings. The fraction of sp³-hybridized carbons (Fsp3) is 0.0253. The molecular weight excluding hydrogens is 1000 g/mol. The van der Waals surface area contributed by atoms with Gasteiger partial charge in [-0.25, -0.2) is 0 Å². The maximum Gasteiger partial charge on any atom is 0.0990 e. The molecule has 3 heterocycles. The van der Waals surface area contributed by atoms with Gasteiger partial charge in [0.15, 0.2) is 0 Å². The van der Waals surface area contributed by atoms with Gasteiger partial charge in [-0.3, -0.25) is 0 Å². The summed E-state index contributed by atoms with van der Waals surface area (Å²) in [5.41, 5.74) is 22.0. The minimum Gasteiger partial charge on any atom is -0.331 e. The molecule has 2 atom stereocenters. The summed E-state index contributed by atoms with van der Waals surface area (Å²) in [7, 11) is 0. The molecule has 4 heteroatoms. The number of nitriles is 1. The molecule has 2 unspecified atom stereocenters. The molecule has 0 bridgehead atoms.